The summed E-state index contributed by atoms with van der Waals surface area (Å²) in [5, 5.41) is 0. The van der Waals surface area contributed by atoms with E-state index in [-0.39, 0.29) is 0 Å². The molecule has 1 N–H and O–H groups in total. The standard InChI is InChI=1S/C2H6NO2P/c1-3(2)6(4)5/h1-2H3/p+1. The molecule has 0 saturated heterocycles. The van der Waals surface area contributed by atoms with Crippen molar-refractivity contribution < 1.29 is 9.46 Å². The van der Waals surface area contributed by atoms with Crippen molar-refractivity contribution in [3.8, 4) is 0 Å². The molecule has 0 aromatic heterocycles. The highest BCUT2D eigenvalue weighted by Crippen LogP contribution is 2.13. The van der Waals surface area contributed by atoms with Gasteiger partial charge in [0.15, 0.2) is 0 Å². The number of nitrogens with zero attached hydrogens (tertiary/aromatic N) is 1. The van der Waals surface area contributed by atoms with Crippen LogP contribution >= 0.6 is 8.18 Å². The molecule has 0 bridgehead atoms. The first-order chi connectivity index (χ1) is 2.64. The van der Waals surface area contributed by atoms with Crippen LogP contribution in [0.1, 0.15) is 0 Å². The quantitative estimate of drug-likeness (QED) is 0.487. The molecule has 0 amide bonds. The highest BCUT2D eigenvalue weighted by Gasteiger charge is 2.11. The zero-order valence-corrected chi connectivity index (χ0v) is 4.64. The zero-order valence-electron chi connectivity index (χ0n) is 3.75. The van der Waals surface area contributed by atoms with Crippen LogP contribution in [-0.2, 0) is 4.57 Å². The van der Waals surface area contributed by atoms with E-state index in [4.69, 9.17) is 4.89 Å². The van der Waals surface area contributed by atoms with E-state index in [1.807, 2.05) is 0 Å². The third kappa shape index (κ3) is 2.27. The Kier molecular flexibility index (Phi) is 2.25. The molecule has 0 aromatic carbocycles. The molecular formula is C2H7NO2P+. The summed E-state index contributed by atoms with van der Waals surface area (Å²) in [7, 11) is 1.00. The summed E-state index contributed by atoms with van der Waals surface area (Å²) in [5.74, 6) is 0. The molecule has 0 saturated carbocycles. The van der Waals surface area contributed by atoms with Crippen LogP contribution < -0.4 is 0 Å². The highest BCUT2D eigenvalue weighted by atomic mass is 31.1. The minimum atomic E-state index is -2.08. The zero-order chi connectivity index (χ0) is 5.15. The van der Waals surface area contributed by atoms with Crippen LogP contribution in [0.25, 0.3) is 0 Å². The Balaban J connectivity index is 3.26. The number of hydrogen-bond donors (Lipinski definition) is 1. The average molecular weight is 108 g/mol. The maximum Gasteiger partial charge on any atom is 0.612 e. The van der Waals surface area contributed by atoms with Gasteiger partial charge in [-0.25, -0.2) is 0 Å². The lowest BCUT2D eigenvalue weighted by Crippen LogP contribution is -1.96. The molecule has 0 aliphatic heterocycles. The van der Waals surface area contributed by atoms with Gasteiger partial charge in [-0.2, -0.15) is 0 Å². The van der Waals surface area contributed by atoms with E-state index in [0.717, 1.165) is 0 Å². The van der Waals surface area contributed by atoms with E-state index in [1.165, 1.54) is 4.67 Å². The van der Waals surface area contributed by atoms with Crippen molar-refractivity contribution >= 4 is 8.18 Å². The molecule has 4 heteroatoms. The summed E-state index contributed by atoms with van der Waals surface area (Å²) in [6, 6.07) is 0. The van der Waals surface area contributed by atoms with Gasteiger partial charge in [-0.05, 0) is 4.57 Å². The molecule has 0 fully saturated rings. The molecule has 0 radical (unpaired) electrons. The van der Waals surface area contributed by atoms with Crippen LogP contribution in [0.15, 0.2) is 0 Å². The number of hydrogen-bond acceptors (Lipinski definition) is 1. The normalized spacial score (nSPS) is 12.3. The topological polar surface area (TPSA) is 40.5 Å². The first-order valence-electron chi connectivity index (χ1n) is 1.48. The van der Waals surface area contributed by atoms with Crippen molar-refractivity contribution in [3.05, 3.63) is 0 Å². The van der Waals surface area contributed by atoms with Crippen molar-refractivity contribution in [2.75, 3.05) is 14.1 Å². The van der Waals surface area contributed by atoms with Gasteiger partial charge >= 0.3 is 8.18 Å². The first kappa shape index (κ1) is 6.02. The monoisotopic (exact) mass is 108 g/mol. The summed E-state index contributed by atoms with van der Waals surface area (Å²) in [6.07, 6.45) is 0. The van der Waals surface area contributed by atoms with Crippen molar-refractivity contribution in [1.82, 2.24) is 4.67 Å². The van der Waals surface area contributed by atoms with Gasteiger partial charge in [0, 0.05) is 14.1 Å². The molecular weight excluding hydrogens is 101 g/mol. The second-order valence-corrected chi connectivity index (χ2v) is 2.41. The van der Waals surface area contributed by atoms with Crippen molar-refractivity contribution in [1.29, 1.82) is 0 Å². The van der Waals surface area contributed by atoms with Crippen LogP contribution in [0.3, 0.4) is 0 Å². The molecule has 0 aliphatic rings. The molecule has 36 valence electrons. The van der Waals surface area contributed by atoms with Gasteiger partial charge in [0.05, 0.1) is 0 Å². The summed E-state index contributed by atoms with van der Waals surface area (Å²) in [5.41, 5.74) is 0. The van der Waals surface area contributed by atoms with Gasteiger partial charge in [-0.1, -0.05) is 4.67 Å². The van der Waals surface area contributed by atoms with E-state index in [2.05, 4.69) is 0 Å². The van der Waals surface area contributed by atoms with Crippen molar-refractivity contribution in [3.63, 3.8) is 0 Å². The second-order valence-electron chi connectivity index (χ2n) is 1.10. The Labute approximate surface area is 37.5 Å². The maximum absolute atomic E-state index is 9.77. The molecule has 1 atom stereocenters. The summed E-state index contributed by atoms with van der Waals surface area (Å²) < 4.78 is 11.0. The summed E-state index contributed by atoms with van der Waals surface area (Å²) in [6.45, 7) is 0. The Morgan fingerprint density at radius 1 is 1.67 bits per heavy atom. The van der Waals surface area contributed by atoms with Crippen molar-refractivity contribution in [2.24, 2.45) is 0 Å². The van der Waals surface area contributed by atoms with E-state index < -0.39 is 8.18 Å². The van der Waals surface area contributed by atoms with Gasteiger partial charge in [0.1, 0.15) is 0 Å². The number of rotatable bonds is 1. The molecule has 0 heterocycles. The predicted octanol–water partition coefficient (Wildman–Crippen LogP) is 0.198. The predicted molar refractivity (Wildman–Crippen MR) is 23.5 cm³/mol. The Morgan fingerprint density at radius 3 is 1.83 bits per heavy atom. The van der Waals surface area contributed by atoms with E-state index >= 15 is 0 Å². The smallest absolute Gasteiger partial charge is 0.144 e. The summed E-state index contributed by atoms with van der Waals surface area (Å²) in [4.78, 5) is 8.06. The summed E-state index contributed by atoms with van der Waals surface area (Å²) >= 11 is 0. The van der Waals surface area contributed by atoms with Crippen LogP contribution in [0.4, 0.5) is 0 Å². The third-order valence-electron chi connectivity index (χ3n) is 0.342. The minimum Gasteiger partial charge on any atom is -0.144 e. The average Bonchev–Trinajstić information content (AvgIpc) is 1.36. The lowest BCUT2D eigenvalue weighted by molar-refractivity contribution is 0.440. The van der Waals surface area contributed by atoms with Crippen LogP contribution in [0.5, 0.6) is 0 Å². The SMILES string of the molecule is CN(C)[P+](=O)O. The fraction of sp³-hybridized carbons (Fsp3) is 1.00. The molecule has 0 spiro atoms. The molecule has 0 rings (SSSR count). The Bertz CT molecular complexity index is 62.6. The largest absolute Gasteiger partial charge is 0.612 e. The van der Waals surface area contributed by atoms with Crippen LogP contribution in [0.2, 0.25) is 0 Å². The Hall–Kier alpha value is 0.0200. The van der Waals surface area contributed by atoms with Crippen LogP contribution in [0, 0.1) is 0 Å². The molecule has 1 unspecified atom stereocenters. The first-order valence-corrected chi connectivity index (χ1v) is 2.64. The van der Waals surface area contributed by atoms with Gasteiger partial charge in [0.25, 0.3) is 0 Å². The van der Waals surface area contributed by atoms with Gasteiger partial charge in [0.2, 0.25) is 0 Å². The second kappa shape index (κ2) is 2.24. The Morgan fingerprint density at radius 2 is 1.83 bits per heavy atom. The van der Waals surface area contributed by atoms with Crippen molar-refractivity contribution in [2.45, 2.75) is 0 Å². The lowest BCUT2D eigenvalue weighted by atomic mass is 11.3. The molecule has 0 aromatic rings. The molecule has 3 nitrogen and oxygen atoms in total. The highest BCUT2D eigenvalue weighted by molar-refractivity contribution is 7.35. The molecule has 0 aliphatic carbocycles. The van der Waals surface area contributed by atoms with Gasteiger partial charge in [-0.3, -0.25) is 0 Å². The third-order valence-corrected chi connectivity index (χ3v) is 1.03. The van der Waals surface area contributed by atoms with Gasteiger partial charge < -0.3 is 0 Å². The van der Waals surface area contributed by atoms with Crippen LogP contribution in [-0.4, -0.2) is 23.7 Å². The fourth-order valence-corrected chi connectivity index (χ4v) is 0. The van der Waals surface area contributed by atoms with Gasteiger partial charge in [-0.15, -0.1) is 4.89 Å². The lowest BCUT2D eigenvalue weighted by Gasteiger charge is -1.81. The van der Waals surface area contributed by atoms with E-state index in [9.17, 15) is 4.57 Å². The fourth-order valence-electron chi connectivity index (χ4n) is 0. The molecule has 6 heavy (non-hydrogen) atoms. The maximum atomic E-state index is 9.77. The minimum absolute atomic E-state index is 1.23. The van der Waals surface area contributed by atoms with E-state index in [1.54, 1.807) is 14.1 Å². The van der Waals surface area contributed by atoms with E-state index in [0.29, 0.717) is 0 Å².